The predicted molar refractivity (Wildman–Crippen MR) is 86.0 cm³/mol. The van der Waals surface area contributed by atoms with Gasteiger partial charge in [-0.15, -0.1) is 0 Å². The summed E-state index contributed by atoms with van der Waals surface area (Å²) >= 11 is 6.10. The maximum absolute atomic E-state index is 11.1. The molecule has 0 radical (unpaired) electrons. The number of amides is 1. The molecule has 0 saturated carbocycles. The van der Waals surface area contributed by atoms with Crippen LogP contribution in [0.1, 0.15) is 11.1 Å². The van der Waals surface area contributed by atoms with Gasteiger partial charge in [0.25, 0.3) is 0 Å². The Labute approximate surface area is 133 Å². The van der Waals surface area contributed by atoms with E-state index in [4.69, 9.17) is 16.9 Å². The molecule has 0 unspecified atom stereocenters. The van der Waals surface area contributed by atoms with Crippen molar-refractivity contribution in [3.05, 3.63) is 58.6 Å². The second kappa shape index (κ2) is 7.34. The van der Waals surface area contributed by atoms with Crippen molar-refractivity contribution in [1.29, 1.82) is 5.26 Å². The van der Waals surface area contributed by atoms with Gasteiger partial charge in [0.15, 0.2) is 0 Å². The number of anilines is 2. The molecule has 2 aromatic carbocycles. The van der Waals surface area contributed by atoms with Crippen molar-refractivity contribution in [1.82, 2.24) is 0 Å². The Morgan fingerprint density at radius 2 is 2.00 bits per heavy atom. The quantitative estimate of drug-likeness (QED) is 0.894. The Balaban J connectivity index is 2.04. The molecule has 0 spiro atoms. The summed E-state index contributed by atoms with van der Waals surface area (Å²) in [6.07, 6.45) is -0.513. The normalized spacial score (nSPS) is 9.68. The highest BCUT2D eigenvalue weighted by Crippen LogP contribution is 2.26. The minimum atomic E-state index is -0.513. The lowest BCUT2D eigenvalue weighted by atomic mass is 10.1. The minimum Gasteiger partial charge on any atom is -0.453 e. The molecule has 22 heavy (non-hydrogen) atoms. The number of hydrogen-bond donors (Lipinski definition) is 2. The van der Waals surface area contributed by atoms with E-state index < -0.39 is 6.09 Å². The van der Waals surface area contributed by atoms with Crippen molar-refractivity contribution in [3.8, 4) is 6.07 Å². The third kappa shape index (κ3) is 3.90. The van der Waals surface area contributed by atoms with Crippen LogP contribution in [-0.4, -0.2) is 13.2 Å². The third-order valence-electron chi connectivity index (χ3n) is 2.99. The molecule has 0 aliphatic rings. The van der Waals surface area contributed by atoms with Gasteiger partial charge in [-0.2, -0.15) is 5.26 Å². The number of hydrogen-bond acceptors (Lipinski definition) is 4. The van der Waals surface area contributed by atoms with Crippen LogP contribution in [0, 0.1) is 11.3 Å². The fraction of sp³-hybridized carbons (Fsp3) is 0.125. The van der Waals surface area contributed by atoms with E-state index in [1.165, 1.54) is 7.11 Å². The molecule has 5 nitrogen and oxygen atoms in total. The van der Waals surface area contributed by atoms with Gasteiger partial charge in [-0.05, 0) is 29.8 Å². The number of ether oxygens (including phenoxy) is 1. The molecule has 0 aliphatic heterocycles. The maximum Gasteiger partial charge on any atom is 0.411 e. The third-order valence-corrected chi connectivity index (χ3v) is 3.30. The van der Waals surface area contributed by atoms with E-state index in [2.05, 4.69) is 21.4 Å². The van der Waals surface area contributed by atoms with Crippen molar-refractivity contribution in [3.63, 3.8) is 0 Å². The van der Waals surface area contributed by atoms with Gasteiger partial charge >= 0.3 is 6.09 Å². The van der Waals surface area contributed by atoms with Crippen LogP contribution in [0.3, 0.4) is 0 Å². The fourth-order valence-electron chi connectivity index (χ4n) is 1.86. The maximum atomic E-state index is 11.1. The smallest absolute Gasteiger partial charge is 0.411 e. The summed E-state index contributed by atoms with van der Waals surface area (Å²) in [7, 11) is 1.31. The highest BCUT2D eigenvalue weighted by Gasteiger charge is 2.06. The molecule has 6 heteroatoms. The number of nitriles is 1. The largest absolute Gasteiger partial charge is 0.453 e. The molecule has 0 aliphatic carbocycles. The van der Waals surface area contributed by atoms with Crippen molar-refractivity contribution in [2.45, 2.75) is 6.54 Å². The van der Waals surface area contributed by atoms with Crippen molar-refractivity contribution in [2.75, 3.05) is 17.7 Å². The van der Waals surface area contributed by atoms with E-state index in [1.807, 2.05) is 12.1 Å². The number of halogens is 1. The fourth-order valence-corrected chi connectivity index (χ4v) is 2.10. The first-order chi connectivity index (χ1) is 10.6. The molecule has 2 aromatic rings. The Bertz CT molecular complexity index is 708. The van der Waals surface area contributed by atoms with Crippen LogP contribution >= 0.6 is 11.6 Å². The lowest BCUT2D eigenvalue weighted by Gasteiger charge is -2.11. The van der Waals surface area contributed by atoms with Gasteiger partial charge in [0.2, 0.25) is 0 Å². The van der Waals surface area contributed by atoms with Crippen LogP contribution in [0.4, 0.5) is 16.2 Å². The molecule has 1 amide bonds. The van der Waals surface area contributed by atoms with E-state index in [0.29, 0.717) is 28.5 Å². The second-order valence-corrected chi connectivity index (χ2v) is 4.85. The molecule has 0 aromatic heterocycles. The molecule has 0 atom stereocenters. The highest BCUT2D eigenvalue weighted by atomic mass is 35.5. The van der Waals surface area contributed by atoms with Crippen LogP contribution in [0.25, 0.3) is 0 Å². The monoisotopic (exact) mass is 315 g/mol. The first kappa shape index (κ1) is 15.7. The number of rotatable bonds is 4. The number of carbonyl (C=O) groups is 1. The zero-order valence-electron chi connectivity index (χ0n) is 11.9. The Kier molecular flexibility index (Phi) is 5.23. The number of nitrogens with one attached hydrogen (secondary N) is 2. The SMILES string of the molecule is COC(=O)Nc1ccc(CNc2c(Cl)cccc2C#N)cc1. The van der Waals surface area contributed by atoms with Gasteiger partial charge in [-0.1, -0.05) is 29.8 Å². The van der Waals surface area contributed by atoms with Gasteiger partial charge in [-0.3, -0.25) is 5.32 Å². The Hall–Kier alpha value is -2.71. The minimum absolute atomic E-state index is 0.497. The standard InChI is InChI=1S/C16H14ClN3O2/c1-22-16(21)20-13-7-5-11(6-8-13)10-19-15-12(9-18)3-2-4-14(15)17/h2-8,19H,10H2,1H3,(H,20,21). The van der Waals surface area contributed by atoms with E-state index in [0.717, 1.165) is 5.56 Å². The van der Waals surface area contributed by atoms with Crippen LogP contribution in [-0.2, 0) is 11.3 Å². The highest BCUT2D eigenvalue weighted by molar-refractivity contribution is 6.33. The molecule has 112 valence electrons. The summed E-state index contributed by atoms with van der Waals surface area (Å²) in [5, 5.41) is 15.3. The van der Waals surface area contributed by atoms with Gasteiger partial charge < -0.3 is 10.1 Å². The summed E-state index contributed by atoms with van der Waals surface area (Å²) in [5.41, 5.74) is 2.74. The van der Waals surface area contributed by atoms with E-state index in [1.54, 1.807) is 30.3 Å². The summed E-state index contributed by atoms with van der Waals surface area (Å²) in [6, 6.07) is 14.5. The van der Waals surface area contributed by atoms with Gasteiger partial charge in [0.05, 0.1) is 23.4 Å². The molecular formula is C16H14ClN3O2. The van der Waals surface area contributed by atoms with Crippen molar-refractivity contribution in [2.24, 2.45) is 0 Å². The predicted octanol–water partition coefficient (Wildman–Crippen LogP) is 4.00. The lowest BCUT2D eigenvalue weighted by molar-refractivity contribution is 0.187. The number of carbonyl (C=O) groups excluding carboxylic acids is 1. The number of para-hydroxylation sites is 1. The van der Waals surface area contributed by atoms with Gasteiger partial charge in [0, 0.05) is 12.2 Å². The molecule has 0 saturated heterocycles. The zero-order chi connectivity index (χ0) is 15.9. The topological polar surface area (TPSA) is 74.2 Å². The van der Waals surface area contributed by atoms with Crippen LogP contribution in [0.2, 0.25) is 5.02 Å². The molecule has 2 rings (SSSR count). The molecule has 0 heterocycles. The van der Waals surface area contributed by atoms with Crippen molar-refractivity contribution >= 4 is 29.1 Å². The first-order valence-electron chi connectivity index (χ1n) is 6.50. The lowest BCUT2D eigenvalue weighted by Crippen LogP contribution is -2.10. The molecule has 0 bridgehead atoms. The van der Waals surface area contributed by atoms with Crippen LogP contribution < -0.4 is 10.6 Å². The number of nitrogens with zero attached hydrogens (tertiary/aromatic N) is 1. The van der Waals surface area contributed by atoms with E-state index >= 15 is 0 Å². The number of methoxy groups -OCH3 is 1. The zero-order valence-corrected chi connectivity index (χ0v) is 12.6. The molecule has 0 fully saturated rings. The van der Waals surface area contributed by atoms with Gasteiger partial charge in [0.1, 0.15) is 6.07 Å². The Morgan fingerprint density at radius 3 is 2.64 bits per heavy atom. The van der Waals surface area contributed by atoms with Crippen LogP contribution in [0.15, 0.2) is 42.5 Å². The van der Waals surface area contributed by atoms with Crippen molar-refractivity contribution < 1.29 is 9.53 Å². The van der Waals surface area contributed by atoms with Crippen LogP contribution in [0.5, 0.6) is 0 Å². The summed E-state index contributed by atoms with van der Waals surface area (Å²) in [5.74, 6) is 0. The van der Waals surface area contributed by atoms with Gasteiger partial charge in [-0.25, -0.2) is 4.79 Å². The summed E-state index contributed by atoms with van der Waals surface area (Å²) in [4.78, 5) is 11.1. The molecular weight excluding hydrogens is 302 g/mol. The van der Waals surface area contributed by atoms with E-state index in [9.17, 15) is 4.79 Å². The van der Waals surface area contributed by atoms with E-state index in [-0.39, 0.29) is 0 Å². The Morgan fingerprint density at radius 1 is 1.27 bits per heavy atom. The first-order valence-corrected chi connectivity index (χ1v) is 6.88. The summed E-state index contributed by atoms with van der Waals surface area (Å²) in [6.45, 7) is 0.511. The summed E-state index contributed by atoms with van der Waals surface area (Å²) < 4.78 is 4.52. The average Bonchev–Trinajstić information content (AvgIpc) is 2.54. The second-order valence-electron chi connectivity index (χ2n) is 4.44. The average molecular weight is 316 g/mol. The number of benzene rings is 2. The molecule has 2 N–H and O–H groups in total.